The Labute approximate surface area is 349 Å². The topological polar surface area (TPSA) is 21.3 Å². The minimum absolute atomic E-state index is 0.138. The maximum absolute atomic E-state index is 6.69. The summed E-state index contributed by atoms with van der Waals surface area (Å²) in [5.74, 6) is 0. The summed E-state index contributed by atoms with van der Waals surface area (Å²) in [6, 6.07) is 74.8. The number of anilines is 3. The van der Waals surface area contributed by atoms with Gasteiger partial charge in [-0.1, -0.05) is 147 Å². The van der Waals surface area contributed by atoms with E-state index in [-0.39, 0.29) is 5.41 Å². The summed E-state index contributed by atoms with van der Waals surface area (Å²) < 4.78 is 9.07. The molecule has 0 N–H and O–H groups in total. The third-order valence-corrected chi connectivity index (χ3v) is 12.8. The molecule has 0 amide bonds. The molecule has 0 bridgehead atoms. The average Bonchev–Trinajstić information content (AvgIpc) is 3.92. The van der Waals surface area contributed by atoms with Crippen LogP contribution in [0, 0.1) is 0 Å². The number of para-hydroxylation sites is 2. The number of benzene rings is 9. The first-order valence-corrected chi connectivity index (χ1v) is 20.8. The van der Waals surface area contributed by atoms with Crippen molar-refractivity contribution in [3.8, 4) is 39.1 Å². The number of furan rings is 1. The van der Waals surface area contributed by atoms with Gasteiger partial charge in [0.05, 0.1) is 22.1 Å². The van der Waals surface area contributed by atoms with Crippen LogP contribution in [0.1, 0.15) is 25.0 Å². The molecule has 9 aromatic carbocycles. The molecule has 12 rings (SSSR count). The van der Waals surface area contributed by atoms with E-state index in [0.717, 1.165) is 55.8 Å². The number of rotatable bonds is 6. The smallest absolute Gasteiger partial charge is 0.137 e. The molecule has 1 aliphatic carbocycles. The molecule has 0 spiro atoms. The maximum atomic E-state index is 6.69. The summed E-state index contributed by atoms with van der Waals surface area (Å²) in [5.41, 5.74) is 18.4. The fourth-order valence-corrected chi connectivity index (χ4v) is 9.87. The van der Waals surface area contributed by atoms with Crippen molar-refractivity contribution in [2.75, 3.05) is 4.90 Å². The van der Waals surface area contributed by atoms with Gasteiger partial charge in [-0.15, -0.1) is 0 Å². The van der Waals surface area contributed by atoms with Crippen molar-refractivity contribution in [2.24, 2.45) is 0 Å². The number of aromatic nitrogens is 1. The van der Waals surface area contributed by atoms with E-state index in [1.165, 1.54) is 55.2 Å². The summed E-state index contributed by atoms with van der Waals surface area (Å²) in [6.45, 7) is 4.70. The maximum Gasteiger partial charge on any atom is 0.137 e. The zero-order valence-electron chi connectivity index (χ0n) is 33.4. The lowest BCUT2D eigenvalue weighted by molar-refractivity contribution is 0.660. The second-order valence-electron chi connectivity index (χ2n) is 16.5. The van der Waals surface area contributed by atoms with Crippen molar-refractivity contribution in [3.63, 3.8) is 0 Å². The summed E-state index contributed by atoms with van der Waals surface area (Å²) >= 11 is 0. The predicted octanol–water partition coefficient (Wildman–Crippen LogP) is 15.8. The van der Waals surface area contributed by atoms with Gasteiger partial charge in [-0.25, -0.2) is 0 Å². The van der Waals surface area contributed by atoms with Crippen molar-refractivity contribution < 1.29 is 4.42 Å². The van der Waals surface area contributed by atoms with Crippen LogP contribution in [0.3, 0.4) is 0 Å². The first-order valence-electron chi connectivity index (χ1n) is 20.8. The van der Waals surface area contributed by atoms with E-state index in [0.29, 0.717) is 0 Å². The van der Waals surface area contributed by atoms with Gasteiger partial charge >= 0.3 is 0 Å². The number of nitrogens with zero attached hydrogens (tertiary/aromatic N) is 2. The van der Waals surface area contributed by atoms with Crippen LogP contribution in [-0.2, 0) is 5.41 Å². The van der Waals surface area contributed by atoms with Crippen molar-refractivity contribution in [2.45, 2.75) is 19.3 Å². The molecule has 0 fully saturated rings. The highest BCUT2D eigenvalue weighted by molar-refractivity contribution is 6.15. The number of hydrogen-bond acceptors (Lipinski definition) is 2. The lowest BCUT2D eigenvalue weighted by atomic mass is 9.82. The average molecular weight is 769 g/mol. The Morgan fingerprint density at radius 1 is 0.417 bits per heavy atom. The first-order chi connectivity index (χ1) is 29.5. The molecule has 0 aliphatic heterocycles. The summed E-state index contributed by atoms with van der Waals surface area (Å²) in [6.07, 6.45) is 0. The molecule has 0 saturated heterocycles. The Kier molecular flexibility index (Phi) is 7.58. The van der Waals surface area contributed by atoms with E-state index < -0.39 is 0 Å². The van der Waals surface area contributed by atoms with Gasteiger partial charge in [0.1, 0.15) is 11.2 Å². The van der Waals surface area contributed by atoms with Crippen molar-refractivity contribution >= 4 is 60.8 Å². The lowest BCUT2D eigenvalue weighted by Gasteiger charge is -2.28. The molecule has 2 heterocycles. The van der Waals surface area contributed by atoms with Crippen LogP contribution in [0.15, 0.2) is 211 Å². The Balaban J connectivity index is 1.05. The molecule has 0 radical (unpaired) electrons. The van der Waals surface area contributed by atoms with Gasteiger partial charge < -0.3 is 13.9 Å². The normalized spacial score (nSPS) is 13.0. The van der Waals surface area contributed by atoms with Crippen LogP contribution in [0.4, 0.5) is 17.1 Å². The van der Waals surface area contributed by atoms with E-state index in [1.807, 2.05) is 0 Å². The molecule has 0 atom stereocenters. The monoisotopic (exact) mass is 768 g/mol. The standard InChI is InChI=1S/C57H40N2O/c1-57(2)49-20-11-9-18-44(49)45-32-30-43(36-50(45)57)58(42-28-24-38(25-29-42)37-14-5-3-6-15-37)52-22-13-23-55-56(52)48-34-39(27-33-54(48)60-55)40-26-31-47-46-19-10-12-21-51(46)59(53(47)35-40)41-16-7-4-8-17-41/h3-36H,1-2H3. The van der Waals surface area contributed by atoms with Gasteiger partial charge in [0.15, 0.2) is 0 Å². The zero-order valence-corrected chi connectivity index (χ0v) is 33.4. The van der Waals surface area contributed by atoms with Crippen LogP contribution in [0.2, 0.25) is 0 Å². The molecule has 1 aliphatic rings. The van der Waals surface area contributed by atoms with Gasteiger partial charge in [0.25, 0.3) is 0 Å². The Bertz CT molecular complexity index is 3450. The predicted molar refractivity (Wildman–Crippen MR) is 251 cm³/mol. The second kappa shape index (κ2) is 13.2. The zero-order chi connectivity index (χ0) is 40.0. The largest absolute Gasteiger partial charge is 0.456 e. The van der Waals surface area contributed by atoms with Gasteiger partial charge in [0.2, 0.25) is 0 Å². The highest BCUT2D eigenvalue weighted by Crippen LogP contribution is 2.51. The molecule has 3 heteroatoms. The van der Waals surface area contributed by atoms with E-state index in [1.54, 1.807) is 0 Å². The molecule has 3 nitrogen and oxygen atoms in total. The third-order valence-electron chi connectivity index (χ3n) is 12.8. The van der Waals surface area contributed by atoms with E-state index >= 15 is 0 Å². The molecular formula is C57H40N2O. The lowest BCUT2D eigenvalue weighted by Crippen LogP contribution is -2.16. The van der Waals surface area contributed by atoms with Crippen LogP contribution in [0.25, 0.3) is 82.8 Å². The van der Waals surface area contributed by atoms with Crippen molar-refractivity contribution in [1.82, 2.24) is 4.57 Å². The highest BCUT2D eigenvalue weighted by atomic mass is 16.3. The van der Waals surface area contributed by atoms with Gasteiger partial charge in [-0.3, -0.25) is 0 Å². The van der Waals surface area contributed by atoms with E-state index in [4.69, 9.17) is 4.42 Å². The van der Waals surface area contributed by atoms with Gasteiger partial charge in [-0.2, -0.15) is 0 Å². The van der Waals surface area contributed by atoms with Crippen molar-refractivity contribution in [3.05, 3.63) is 217 Å². The molecule has 11 aromatic rings. The summed E-state index contributed by atoms with van der Waals surface area (Å²) in [4.78, 5) is 2.42. The van der Waals surface area contributed by atoms with Crippen LogP contribution in [0.5, 0.6) is 0 Å². The van der Waals surface area contributed by atoms with Crippen LogP contribution < -0.4 is 4.90 Å². The molecule has 60 heavy (non-hydrogen) atoms. The Morgan fingerprint density at radius 3 is 1.92 bits per heavy atom. The second-order valence-corrected chi connectivity index (χ2v) is 16.5. The number of fused-ring (bicyclic) bond motifs is 9. The van der Waals surface area contributed by atoms with Crippen LogP contribution >= 0.6 is 0 Å². The summed E-state index contributed by atoms with van der Waals surface area (Å²) in [5, 5.41) is 4.66. The molecule has 0 saturated carbocycles. The first kappa shape index (κ1) is 34.4. The fraction of sp³-hybridized carbons (Fsp3) is 0.0526. The van der Waals surface area contributed by atoms with E-state index in [2.05, 4.69) is 230 Å². The number of hydrogen-bond donors (Lipinski definition) is 0. The fourth-order valence-electron chi connectivity index (χ4n) is 9.87. The molecule has 284 valence electrons. The van der Waals surface area contributed by atoms with Gasteiger partial charge in [-0.05, 0) is 117 Å². The molecule has 0 unspecified atom stereocenters. The van der Waals surface area contributed by atoms with Gasteiger partial charge in [0, 0.05) is 38.6 Å². The minimum atomic E-state index is -0.138. The quantitative estimate of drug-likeness (QED) is 0.168. The SMILES string of the molecule is CC1(C)c2ccccc2-c2ccc(N(c3ccc(-c4ccccc4)cc3)c3cccc4oc5ccc(-c6ccc7c8ccccc8n(-c8ccccc8)c7c6)cc5c34)cc21. The third kappa shape index (κ3) is 5.22. The Morgan fingerprint density at radius 2 is 1.07 bits per heavy atom. The van der Waals surface area contributed by atoms with E-state index in [9.17, 15) is 0 Å². The summed E-state index contributed by atoms with van der Waals surface area (Å²) in [7, 11) is 0. The molecule has 2 aromatic heterocycles. The van der Waals surface area contributed by atoms with Crippen molar-refractivity contribution in [1.29, 1.82) is 0 Å². The highest BCUT2D eigenvalue weighted by Gasteiger charge is 2.36. The Hall–Kier alpha value is -7.62. The minimum Gasteiger partial charge on any atom is -0.456 e. The van der Waals surface area contributed by atoms with Crippen LogP contribution in [-0.4, -0.2) is 4.57 Å². The molecular weight excluding hydrogens is 729 g/mol.